The summed E-state index contributed by atoms with van der Waals surface area (Å²) in [6.07, 6.45) is 0. The Kier molecular flexibility index (Phi) is 7.61. The maximum atomic E-state index is 6.03. The van der Waals surface area contributed by atoms with E-state index in [-0.39, 0.29) is 5.25 Å². The summed E-state index contributed by atoms with van der Waals surface area (Å²) in [7, 11) is 0. The molecule has 0 saturated heterocycles. The molecule has 0 N–H and O–H groups in total. The van der Waals surface area contributed by atoms with Crippen molar-refractivity contribution in [2.75, 3.05) is 13.2 Å². The van der Waals surface area contributed by atoms with E-state index in [4.69, 9.17) is 32.5 Å². The summed E-state index contributed by atoms with van der Waals surface area (Å²) in [5.41, 5.74) is -0.0886. The van der Waals surface area contributed by atoms with Crippen molar-refractivity contribution in [1.82, 2.24) is 0 Å². The molecule has 0 spiro atoms. The first kappa shape index (κ1) is 19.0. The van der Waals surface area contributed by atoms with Gasteiger partial charge in [0, 0.05) is 5.02 Å². The zero-order valence-electron chi connectivity index (χ0n) is 13.1. The van der Waals surface area contributed by atoms with Gasteiger partial charge in [-0.3, -0.25) is 0 Å². The number of hydrogen-bond acceptors (Lipinski definition) is 4. The monoisotopic (exact) mass is 386 g/mol. The van der Waals surface area contributed by atoms with E-state index >= 15 is 0 Å². The molecule has 0 fully saturated rings. The van der Waals surface area contributed by atoms with Crippen LogP contribution < -0.4 is 0 Å². The highest BCUT2D eigenvalue weighted by Crippen LogP contribution is 2.67. The highest BCUT2D eigenvalue weighted by molar-refractivity contribution is 8.68. The fourth-order valence-corrected chi connectivity index (χ4v) is 7.80. The lowest BCUT2D eigenvalue weighted by Crippen LogP contribution is -2.00. The van der Waals surface area contributed by atoms with Crippen LogP contribution in [-0.2, 0) is 20.9 Å². The molecule has 23 heavy (non-hydrogen) atoms. The molecule has 0 aliphatic rings. The average molecular weight is 387 g/mol. The summed E-state index contributed by atoms with van der Waals surface area (Å²) in [5.74, 6) is 0. The van der Waals surface area contributed by atoms with Gasteiger partial charge >= 0.3 is 0 Å². The van der Waals surface area contributed by atoms with Gasteiger partial charge in [-0.05, 0) is 48.9 Å². The van der Waals surface area contributed by atoms with E-state index in [1.54, 1.807) is 11.4 Å². The van der Waals surface area contributed by atoms with Crippen LogP contribution in [0.2, 0.25) is 5.02 Å². The summed E-state index contributed by atoms with van der Waals surface area (Å²) in [5, 5.41) is 0.775. The van der Waals surface area contributed by atoms with Crippen LogP contribution in [0.25, 0.3) is 0 Å². The first-order valence-corrected chi connectivity index (χ1v) is 12.0. The van der Waals surface area contributed by atoms with Gasteiger partial charge in [-0.2, -0.15) is 0 Å². The molecule has 1 atom stereocenters. The third-order valence-corrected chi connectivity index (χ3v) is 8.94. The smallest absolute Gasteiger partial charge is 0.248 e. The number of hydrogen-bond donors (Lipinski definition) is 0. The van der Waals surface area contributed by atoms with E-state index in [0.29, 0.717) is 13.2 Å². The van der Waals surface area contributed by atoms with Gasteiger partial charge in [0.1, 0.15) is 0 Å². The zero-order chi connectivity index (χ0) is 16.7. The molecule has 6 heteroatoms. The second kappa shape index (κ2) is 9.22. The molecule has 0 saturated carbocycles. The Morgan fingerprint density at radius 1 is 0.957 bits per heavy atom. The summed E-state index contributed by atoms with van der Waals surface area (Å²) in [4.78, 5) is 0. The third kappa shape index (κ3) is 5.60. The van der Waals surface area contributed by atoms with Crippen LogP contribution in [0.15, 0.2) is 54.6 Å². The highest BCUT2D eigenvalue weighted by atomic mass is 35.5. The van der Waals surface area contributed by atoms with Crippen molar-refractivity contribution in [1.29, 1.82) is 0 Å². The molecule has 0 radical (unpaired) electrons. The highest BCUT2D eigenvalue weighted by Gasteiger charge is 2.27. The maximum absolute atomic E-state index is 6.03. The van der Waals surface area contributed by atoms with Crippen LogP contribution in [0, 0.1) is 0 Å². The molecule has 124 valence electrons. The minimum Gasteiger partial charge on any atom is -0.322 e. The van der Waals surface area contributed by atoms with Gasteiger partial charge in [0.15, 0.2) is 0 Å². The fourth-order valence-electron chi connectivity index (χ4n) is 2.12. The standard InChI is InChI=1S/C17H20ClO2PS2/c1-3-19-21(22,20-4-2)23-17(14-8-6-5-7-9-14)15-10-12-16(18)13-11-15/h5-13,17H,3-4H2,1-2H3. The normalized spacial score (nSPS) is 13.0. The molecule has 0 aliphatic carbocycles. The van der Waals surface area contributed by atoms with Gasteiger partial charge in [0.05, 0.1) is 18.5 Å². The second-order valence-corrected chi connectivity index (χ2v) is 11.5. The first-order chi connectivity index (χ1) is 11.1. The van der Waals surface area contributed by atoms with Crippen molar-refractivity contribution in [3.63, 3.8) is 0 Å². The van der Waals surface area contributed by atoms with E-state index < -0.39 is 5.69 Å². The van der Waals surface area contributed by atoms with Crippen LogP contribution in [-0.4, -0.2) is 13.2 Å². The molecule has 0 aromatic heterocycles. The summed E-state index contributed by atoms with van der Waals surface area (Å²) >= 11 is 13.3. The largest absolute Gasteiger partial charge is 0.322 e. The van der Waals surface area contributed by atoms with Gasteiger partial charge in [-0.25, -0.2) is 0 Å². The molecule has 1 unspecified atom stereocenters. The number of benzene rings is 2. The molecular formula is C17H20ClO2PS2. The van der Waals surface area contributed by atoms with Crippen LogP contribution >= 0.6 is 28.7 Å². The van der Waals surface area contributed by atoms with Crippen molar-refractivity contribution in [3.05, 3.63) is 70.7 Å². The van der Waals surface area contributed by atoms with Crippen molar-refractivity contribution < 1.29 is 9.05 Å². The Morgan fingerprint density at radius 2 is 1.48 bits per heavy atom. The fraction of sp³-hybridized carbons (Fsp3) is 0.294. The number of halogens is 1. The van der Waals surface area contributed by atoms with Crippen molar-refractivity contribution in [2.45, 2.75) is 19.1 Å². The Morgan fingerprint density at radius 3 is 2.00 bits per heavy atom. The van der Waals surface area contributed by atoms with Gasteiger partial charge in [0.25, 0.3) is 0 Å². The topological polar surface area (TPSA) is 18.5 Å². The van der Waals surface area contributed by atoms with Gasteiger partial charge < -0.3 is 9.05 Å². The Labute approximate surface area is 152 Å². The minimum absolute atomic E-state index is 0.0531. The first-order valence-electron chi connectivity index (χ1n) is 7.46. The molecule has 0 amide bonds. The van der Waals surface area contributed by atoms with Crippen molar-refractivity contribution in [2.24, 2.45) is 0 Å². The van der Waals surface area contributed by atoms with Crippen molar-refractivity contribution in [3.8, 4) is 0 Å². The Bertz CT molecular complexity index is 639. The quantitative estimate of drug-likeness (QED) is 0.484. The predicted molar refractivity (Wildman–Crippen MR) is 105 cm³/mol. The minimum atomic E-state index is -2.40. The predicted octanol–water partition coefficient (Wildman–Crippen LogP) is 6.46. The third-order valence-electron chi connectivity index (χ3n) is 3.08. The van der Waals surface area contributed by atoms with E-state index in [0.717, 1.165) is 10.6 Å². The van der Waals surface area contributed by atoms with E-state index in [9.17, 15) is 0 Å². The van der Waals surface area contributed by atoms with Gasteiger partial charge in [0.2, 0.25) is 5.69 Å². The van der Waals surface area contributed by atoms with Crippen molar-refractivity contribution >= 4 is 40.5 Å². The summed E-state index contributed by atoms with van der Waals surface area (Å²) in [6.45, 7) is 4.99. The van der Waals surface area contributed by atoms with E-state index in [1.807, 2.05) is 56.3 Å². The molecule has 0 aliphatic heterocycles. The van der Waals surface area contributed by atoms with Gasteiger partial charge in [-0.15, -0.1) is 0 Å². The molecule has 2 rings (SSSR count). The Balaban J connectivity index is 2.37. The molecule has 2 aromatic rings. The maximum Gasteiger partial charge on any atom is 0.248 e. The molecule has 2 nitrogen and oxygen atoms in total. The van der Waals surface area contributed by atoms with Gasteiger partial charge in [-0.1, -0.05) is 65.4 Å². The molecule has 0 bridgehead atoms. The van der Waals surface area contributed by atoms with Crippen LogP contribution in [0.4, 0.5) is 0 Å². The molecular weight excluding hydrogens is 367 g/mol. The second-order valence-electron chi connectivity index (χ2n) is 4.73. The zero-order valence-corrected chi connectivity index (χ0v) is 16.4. The van der Waals surface area contributed by atoms with Crippen LogP contribution in [0.3, 0.4) is 0 Å². The average Bonchev–Trinajstić information content (AvgIpc) is 2.55. The van der Waals surface area contributed by atoms with E-state index in [1.165, 1.54) is 5.56 Å². The van der Waals surface area contributed by atoms with Crippen LogP contribution in [0.5, 0.6) is 0 Å². The molecule has 0 heterocycles. The lowest BCUT2D eigenvalue weighted by Gasteiger charge is -2.26. The summed E-state index contributed by atoms with van der Waals surface area (Å²) in [6, 6.07) is 18.1. The Hall–Kier alpha value is -0.350. The summed E-state index contributed by atoms with van der Waals surface area (Å²) < 4.78 is 11.6. The molecule has 2 aromatic carbocycles. The van der Waals surface area contributed by atoms with E-state index in [2.05, 4.69) is 12.1 Å². The number of rotatable bonds is 8. The lowest BCUT2D eigenvalue weighted by molar-refractivity contribution is 0.280. The van der Waals surface area contributed by atoms with Crippen LogP contribution in [0.1, 0.15) is 30.2 Å². The SMILES string of the molecule is CCOP(=S)(OCC)SC(c1ccccc1)c1ccc(Cl)cc1. The lowest BCUT2D eigenvalue weighted by atomic mass is 10.0.